The Kier molecular flexibility index (Phi) is 45.3. The predicted molar refractivity (Wildman–Crippen MR) is 269 cm³/mol. The van der Waals surface area contributed by atoms with Crippen molar-refractivity contribution < 1.29 is 42.9 Å². The van der Waals surface area contributed by atoms with Gasteiger partial charge < -0.3 is 33.3 Å². The van der Waals surface area contributed by atoms with Crippen molar-refractivity contribution in [2.75, 3.05) is 47.5 Å². The van der Waals surface area contributed by atoms with Crippen molar-refractivity contribution in [3.63, 3.8) is 0 Å². The molecule has 2 unspecified atom stereocenters. The number of likely N-dealkylation sites (N-methyl/N-ethyl adjacent to an activating group) is 1. The van der Waals surface area contributed by atoms with Crippen LogP contribution in [0.5, 0.6) is 0 Å². The molecule has 0 aromatic rings. The van der Waals surface area contributed by atoms with Crippen LogP contribution >= 0.6 is 0 Å². The Hall–Kier alpha value is -3.01. The molecule has 9 heteroatoms. The van der Waals surface area contributed by atoms with Crippen LogP contribution in [0.25, 0.3) is 0 Å². The lowest BCUT2D eigenvalue weighted by atomic mass is 10.0. The summed E-state index contributed by atoms with van der Waals surface area (Å²) in [7, 11) is 5.91. The number of rotatable bonds is 48. The number of quaternary nitrogens is 1. The minimum atomic E-state index is -1.62. The van der Waals surface area contributed by atoms with Crippen molar-refractivity contribution in [2.45, 2.75) is 232 Å². The first-order chi connectivity index (χ1) is 31.6. The van der Waals surface area contributed by atoms with E-state index in [9.17, 15) is 19.5 Å². The molecule has 0 saturated carbocycles. The summed E-state index contributed by atoms with van der Waals surface area (Å²) in [6, 6.07) is 0. The number of unbranched alkanes of at least 4 members (excludes halogenated alkanes) is 23. The van der Waals surface area contributed by atoms with Crippen molar-refractivity contribution in [1.29, 1.82) is 0 Å². The van der Waals surface area contributed by atoms with Gasteiger partial charge in [-0.15, -0.1) is 0 Å². The molecule has 0 rings (SSSR count). The average Bonchev–Trinajstić information content (AvgIpc) is 3.27. The van der Waals surface area contributed by atoms with Crippen LogP contribution in [0.3, 0.4) is 0 Å². The van der Waals surface area contributed by atoms with E-state index >= 15 is 0 Å². The Labute approximate surface area is 399 Å². The third-order valence-electron chi connectivity index (χ3n) is 11.3. The van der Waals surface area contributed by atoms with Crippen LogP contribution in [0.15, 0.2) is 60.8 Å². The Balaban J connectivity index is 4.00. The summed E-state index contributed by atoms with van der Waals surface area (Å²) in [4.78, 5) is 36.9. The van der Waals surface area contributed by atoms with Crippen LogP contribution in [0, 0.1) is 0 Å². The SMILES string of the molecule is CC/C=C\C/C=C\C/C=C\C/C=C\C/C=C\CCCCCCCCCCCCCCCCCCCC(=O)OC(COC(=O)CCCCCCCCC)COC(OCC[N+](C)(C)C)C(=O)[O-]. The van der Waals surface area contributed by atoms with Crippen molar-refractivity contribution >= 4 is 17.9 Å². The molecule has 0 fully saturated rings. The summed E-state index contributed by atoms with van der Waals surface area (Å²) in [5, 5.41) is 11.7. The van der Waals surface area contributed by atoms with Crippen molar-refractivity contribution in [1.82, 2.24) is 0 Å². The van der Waals surface area contributed by atoms with Crippen LogP contribution in [0.1, 0.15) is 219 Å². The zero-order chi connectivity index (χ0) is 47.7. The van der Waals surface area contributed by atoms with Gasteiger partial charge in [-0.25, -0.2) is 0 Å². The van der Waals surface area contributed by atoms with Gasteiger partial charge in [0.05, 0.1) is 40.3 Å². The van der Waals surface area contributed by atoms with Crippen molar-refractivity contribution in [3.8, 4) is 0 Å². The summed E-state index contributed by atoms with van der Waals surface area (Å²) in [6.07, 6.45) is 55.9. The molecule has 0 spiro atoms. The molecule has 0 aromatic carbocycles. The van der Waals surface area contributed by atoms with Crippen LogP contribution in [0.2, 0.25) is 0 Å². The number of carboxylic acid groups (broad SMARTS) is 1. The second-order valence-corrected chi connectivity index (χ2v) is 18.8. The van der Waals surface area contributed by atoms with Gasteiger partial charge in [-0.1, -0.05) is 209 Å². The van der Waals surface area contributed by atoms with Crippen molar-refractivity contribution in [3.05, 3.63) is 60.8 Å². The fourth-order valence-electron chi connectivity index (χ4n) is 7.21. The van der Waals surface area contributed by atoms with Gasteiger partial charge in [0.2, 0.25) is 0 Å². The smallest absolute Gasteiger partial charge is 0.306 e. The average molecular weight is 914 g/mol. The van der Waals surface area contributed by atoms with Gasteiger partial charge in [0.15, 0.2) is 12.4 Å². The van der Waals surface area contributed by atoms with Gasteiger partial charge >= 0.3 is 11.9 Å². The highest BCUT2D eigenvalue weighted by atomic mass is 16.7. The number of carboxylic acids is 1. The van der Waals surface area contributed by atoms with Gasteiger partial charge in [0.25, 0.3) is 0 Å². The first-order valence-corrected chi connectivity index (χ1v) is 26.4. The number of aliphatic carboxylic acids is 1. The van der Waals surface area contributed by atoms with E-state index < -0.39 is 24.3 Å². The molecule has 2 atom stereocenters. The molecular weight excluding hydrogens is 815 g/mol. The lowest BCUT2D eigenvalue weighted by Gasteiger charge is -2.26. The number of allylic oxidation sites excluding steroid dienone is 10. The summed E-state index contributed by atoms with van der Waals surface area (Å²) >= 11 is 0. The summed E-state index contributed by atoms with van der Waals surface area (Å²) in [6.45, 7) is 4.58. The molecular formula is C56H99NO8. The van der Waals surface area contributed by atoms with E-state index in [1.165, 1.54) is 122 Å². The lowest BCUT2D eigenvalue weighted by Crippen LogP contribution is -2.44. The second kappa shape index (κ2) is 47.5. The van der Waals surface area contributed by atoms with Crippen LogP contribution < -0.4 is 5.11 Å². The van der Waals surface area contributed by atoms with Crippen molar-refractivity contribution in [2.24, 2.45) is 0 Å². The largest absolute Gasteiger partial charge is 0.545 e. The zero-order valence-electron chi connectivity index (χ0n) is 42.6. The van der Waals surface area contributed by atoms with Gasteiger partial charge in [0, 0.05) is 12.8 Å². The number of hydrogen-bond donors (Lipinski definition) is 0. The molecule has 65 heavy (non-hydrogen) atoms. The molecule has 0 bridgehead atoms. The molecule has 0 aromatic heterocycles. The number of carbonyl (C=O) groups excluding carboxylic acids is 3. The monoisotopic (exact) mass is 914 g/mol. The van der Waals surface area contributed by atoms with E-state index in [2.05, 4.69) is 74.6 Å². The first-order valence-electron chi connectivity index (χ1n) is 26.4. The maximum Gasteiger partial charge on any atom is 0.306 e. The molecule has 0 N–H and O–H groups in total. The minimum Gasteiger partial charge on any atom is -0.545 e. The third-order valence-corrected chi connectivity index (χ3v) is 11.3. The molecule has 0 radical (unpaired) electrons. The fourth-order valence-corrected chi connectivity index (χ4v) is 7.21. The third kappa shape index (κ3) is 48.7. The van der Waals surface area contributed by atoms with Gasteiger partial charge in [0.1, 0.15) is 13.2 Å². The quantitative estimate of drug-likeness (QED) is 0.0195. The maximum absolute atomic E-state index is 12.8. The number of nitrogens with zero attached hydrogens (tertiary/aromatic N) is 1. The first kappa shape index (κ1) is 62.0. The summed E-state index contributed by atoms with van der Waals surface area (Å²) in [5.41, 5.74) is 0. The topological polar surface area (TPSA) is 111 Å². The molecule has 376 valence electrons. The standard InChI is InChI=1S/C56H99NO8/c1-6-8-10-12-14-15-16-17-18-19-20-21-22-23-24-25-26-27-28-29-30-31-32-33-34-35-36-37-38-39-41-43-45-47-54(59)65-52(50-63-53(58)46-44-42-40-13-11-9-7-2)51-64-56(55(60)61)62-49-48-57(3,4)5/h8,10,14-15,17-18,20-21,23-24,52,56H,6-7,9,11-13,16,19,22,25-51H2,1-5H3/b10-8-,15-14-,18-17-,21-20-,24-23-. The highest BCUT2D eigenvalue weighted by Crippen LogP contribution is 2.16. The molecule has 0 aliphatic carbocycles. The molecule has 0 amide bonds. The number of esters is 2. The fraction of sp³-hybridized carbons (Fsp3) is 0.768. The van der Waals surface area contributed by atoms with E-state index in [0.717, 1.165) is 64.2 Å². The maximum atomic E-state index is 12.8. The molecule has 0 heterocycles. The number of hydrogen-bond acceptors (Lipinski definition) is 8. The Morgan fingerprint density at radius 3 is 1.31 bits per heavy atom. The second-order valence-electron chi connectivity index (χ2n) is 18.8. The van der Waals surface area contributed by atoms with E-state index in [1.54, 1.807) is 0 Å². The zero-order valence-corrected chi connectivity index (χ0v) is 42.6. The number of ether oxygens (including phenoxy) is 4. The molecule has 0 aliphatic heterocycles. The Morgan fingerprint density at radius 1 is 0.477 bits per heavy atom. The summed E-state index contributed by atoms with van der Waals surface area (Å²) < 4.78 is 22.5. The minimum absolute atomic E-state index is 0.148. The van der Waals surface area contributed by atoms with Gasteiger partial charge in [-0.3, -0.25) is 9.59 Å². The highest BCUT2D eigenvalue weighted by Gasteiger charge is 2.22. The van der Waals surface area contributed by atoms with E-state index in [-0.39, 0.29) is 32.2 Å². The van der Waals surface area contributed by atoms with E-state index in [4.69, 9.17) is 18.9 Å². The normalized spacial score (nSPS) is 13.3. The molecule has 9 nitrogen and oxygen atoms in total. The predicted octanol–water partition coefficient (Wildman–Crippen LogP) is 13.6. The highest BCUT2D eigenvalue weighted by molar-refractivity contribution is 5.70. The number of carbonyl (C=O) groups is 3. The molecule has 0 saturated heterocycles. The van der Waals surface area contributed by atoms with Gasteiger partial charge in [-0.05, 0) is 57.8 Å². The lowest BCUT2D eigenvalue weighted by molar-refractivity contribution is -0.870. The van der Waals surface area contributed by atoms with Crippen LogP contribution in [0.4, 0.5) is 0 Å². The molecule has 0 aliphatic rings. The summed E-state index contributed by atoms with van der Waals surface area (Å²) in [5.74, 6) is -2.29. The van der Waals surface area contributed by atoms with Crippen LogP contribution in [-0.2, 0) is 33.3 Å². The van der Waals surface area contributed by atoms with E-state index in [1.807, 2.05) is 21.1 Å². The van der Waals surface area contributed by atoms with Gasteiger partial charge in [-0.2, -0.15) is 0 Å². The van der Waals surface area contributed by atoms with E-state index in [0.29, 0.717) is 23.9 Å². The Bertz CT molecular complexity index is 1250. The Morgan fingerprint density at radius 2 is 0.877 bits per heavy atom. The van der Waals surface area contributed by atoms with Crippen LogP contribution in [-0.4, -0.2) is 82.3 Å².